The van der Waals surface area contributed by atoms with Gasteiger partial charge in [0.25, 0.3) is 0 Å². The minimum atomic E-state index is -1.04. The zero-order valence-electron chi connectivity index (χ0n) is 11.1. The molecule has 4 N–H and O–H groups in total. The van der Waals surface area contributed by atoms with Gasteiger partial charge in [0.15, 0.2) is 0 Å². The molecule has 0 aliphatic carbocycles. The number of carboxylic acids is 1. The maximum absolute atomic E-state index is 11.7. The predicted octanol–water partition coefficient (Wildman–Crippen LogP) is 1.99. The van der Waals surface area contributed by atoms with Gasteiger partial charge >= 0.3 is 5.97 Å². The van der Waals surface area contributed by atoms with Crippen molar-refractivity contribution in [2.45, 2.75) is 31.7 Å². The number of alkyl halides is 1. The van der Waals surface area contributed by atoms with E-state index in [-0.39, 0.29) is 12.3 Å². The average molecular weight is 299 g/mol. The number of unbranched alkanes of at least 4 members (excludes halogenated alkanes) is 1. The van der Waals surface area contributed by atoms with Crippen molar-refractivity contribution in [1.29, 1.82) is 0 Å². The molecule has 0 heterocycles. The summed E-state index contributed by atoms with van der Waals surface area (Å²) in [5.74, 6) is -0.564. The van der Waals surface area contributed by atoms with Gasteiger partial charge in [-0.2, -0.15) is 0 Å². The number of benzene rings is 1. The summed E-state index contributed by atoms with van der Waals surface area (Å²) >= 11 is 5.55. The quantitative estimate of drug-likeness (QED) is 0.505. The van der Waals surface area contributed by atoms with Crippen molar-refractivity contribution >= 4 is 29.2 Å². The number of carboxylic acid groups (broad SMARTS) is 1. The minimum Gasteiger partial charge on any atom is -0.480 e. The maximum atomic E-state index is 11.7. The van der Waals surface area contributed by atoms with E-state index in [0.29, 0.717) is 18.0 Å². The van der Waals surface area contributed by atoms with Crippen molar-refractivity contribution in [2.24, 2.45) is 5.73 Å². The first-order valence-electron chi connectivity index (χ1n) is 6.46. The highest BCUT2D eigenvalue weighted by atomic mass is 35.5. The Morgan fingerprint density at radius 3 is 2.75 bits per heavy atom. The van der Waals surface area contributed by atoms with Crippen LogP contribution in [0.2, 0.25) is 0 Å². The summed E-state index contributed by atoms with van der Waals surface area (Å²) in [6.45, 7) is 0. The van der Waals surface area contributed by atoms with E-state index in [1.807, 2.05) is 0 Å². The van der Waals surface area contributed by atoms with Gasteiger partial charge in [0, 0.05) is 18.0 Å². The number of hydrogen-bond donors (Lipinski definition) is 3. The van der Waals surface area contributed by atoms with Crippen LogP contribution in [0, 0.1) is 0 Å². The molecule has 6 heteroatoms. The number of nitrogens with two attached hydrogens (primary N) is 1. The Kier molecular flexibility index (Phi) is 7.04. The van der Waals surface area contributed by atoms with E-state index < -0.39 is 12.0 Å². The fourth-order valence-electron chi connectivity index (χ4n) is 1.72. The number of anilines is 1. The summed E-state index contributed by atoms with van der Waals surface area (Å²) in [5, 5.41) is 11.5. The number of aliphatic carboxylic acids is 1. The van der Waals surface area contributed by atoms with Crippen molar-refractivity contribution in [3.05, 3.63) is 29.8 Å². The zero-order valence-corrected chi connectivity index (χ0v) is 11.9. The largest absolute Gasteiger partial charge is 0.480 e. The van der Waals surface area contributed by atoms with Crippen molar-refractivity contribution in [1.82, 2.24) is 0 Å². The van der Waals surface area contributed by atoms with Gasteiger partial charge < -0.3 is 16.2 Å². The lowest BCUT2D eigenvalue weighted by Crippen LogP contribution is -2.32. The Morgan fingerprint density at radius 1 is 1.35 bits per heavy atom. The third-order valence-corrected chi connectivity index (χ3v) is 3.04. The van der Waals surface area contributed by atoms with E-state index in [1.165, 1.54) is 0 Å². The molecule has 20 heavy (non-hydrogen) atoms. The molecule has 0 bridgehead atoms. The second-order valence-electron chi connectivity index (χ2n) is 4.54. The molecule has 1 aromatic rings. The van der Waals surface area contributed by atoms with Gasteiger partial charge in [-0.25, -0.2) is 0 Å². The second-order valence-corrected chi connectivity index (χ2v) is 4.92. The lowest BCUT2D eigenvalue weighted by molar-refractivity contribution is -0.138. The van der Waals surface area contributed by atoms with E-state index in [9.17, 15) is 9.59 Å². The van der Waals surface area contributed by atoms with Crippen LogP contribution in [0.15, 0.2) is 24.3 Å². The Labute approximate surface area is 123 Å². The summed E-state index contributed by atoms with van der Waals surface area (Å²) in [5.41, 5.74) is 6.91. The summed E-state index contributed by atoms with van der Waals surface area (Å²) in [7, 11) is 0. The van der Waals surface area contributed by atoms with Crippen LogP contribution in [0.1, 0.15) is 24.8 Å². The summed E-state index contributed by atoms with van der Waals surface area (Å²) < 4.78 is 0. The number of carbonyl (C=O) groups is 2. The van der Waals surface area contributed by atoms with E-state index in [1.54, 1.807) is 24.3 Å². The van der Waals surface area contributed by atoms with E-state index >= 15 is 0 Å². The van der Waals surface area contributed by atoms with E-state index in [0.717, 1.165) is 18.4 Å². The summed E-state index contributed by atoms with van der Waals surface area (Å²) in [6, 6.07) is 6.10. The Balaban J connectivity index is 2.55. The van der Waals surface area contributed by atoms with Crippen molar-refractivity contribution in [3.63, 3.8) is 0 Å². The van der Waals surface area contributed by atoms with Gasteiger partial charge in [0.05, 0.1) is 0 Å². The molecule has 110 valence electrons. The number of rotatable bonds is 8. The third-order valence-electron chi connectivity index (χ3n) is 2.77. The predicted molar refractivity (Wildman–Crippen MR) is 79.0 cm³/mol. The number of hydrogen-bond acceptors (Lipinski definition) is 3. The molecule has 0 aliphatic rings. The molecular weight excluding hydrogens is 280 g/mol. The molecule has 1 atom stereocenters. The Bertz CT molecular complexity index is 465. The first-order chi connectivity index (χ1) is 9.52. The topological polar surface area (TPSA) is 92.4 Å². The van der Waals surface area contributed by atoms with Gasteiger partial charge in [0.2, 0.25) is 5.91 Å². The fourth-order valence-corrected chi connectivity index (χ4v) is 1.91. The van der Waals surface area contributed by atoms with Gasteiger partial charge in [-0.1, -0.05) is 12.1 Å². The van der Waals surface area contributed by atoms with Gasteiger partial charge in [-0.05, 0) is 37.0 Å². The highest BCUT2D eigenvalue weighted by Gasteiger charge is 2.12. The molecule has 5 nitrogen and oxygen atoms in total. The monoisotopic (exact) mass is 298 g/mol. The summed E-state index contributed by atoms with van der Waals surface area (Å²) in [4.78, 5) is 22.4. The van der Waals surface area contributed by atoms with Crippen LogP contribution in [0.25, 0.3) is 0 Å². The lowest BCUT2D eigenvalue weighted by atomic mass is 10.1. The molecule has 0 aliphatic heterocycles. The highest BCUT2D eigenvalue weighted by Crippen LogP contribution is 2.13. The molecule has 1 aromatic carbocycles. The Hall–Kier alpha value is -1.59. The van der Waals surface area contributed by atoms with E-state index in [2.05, 4.69) is 5.32 Å². The van der Waals surface area contributed by atoms with Gasteiger partial charge in [-0.3, -0.25) is 9.59 Å². The molecule has 1 rings (SSSR count). The van der Waals surface area contributed by atoms with Crippen LogP contribution < -0.4 is 11.1 Å². The number of amides is 1. The van der Waals surface area contributed by atoms with Crippen LogP contribution in [-0.4, -0.2) is 28.9 Å². The molecule has 1 amide bonds. The first kappa shape index (κ1) is 16.5. The molecular formula is C14H19ClN2O3. The zero-order chi connectivity index (χ0) is 15.0. The molecule has 0 spiro atoms. The van der Waals surface area contributed by atoms with Crippen molar-refractivity contribution < 1.29 is 14.7 Å². The standard InChI is InChI=1S/C14H19ClN2O3/c15-7-2-1-6-13(18)17-11-5-3-4-10(8-11)9-12(16)14(19)20/h3-5,8,12H,1-2,6-7,9,16H2,(H,17,18)(H,19,20). The molecule has 0 saturated carbocycles. The minimum absolute atomic E-state index is 0.0743. The number of halogens is 1. The molecule has 1 unspecified atom stereocenters. The van der Waals surface area contributed by atoms with Gasteiger partial charge in [0.1, 0.15) is 6.04 Å². The van der Waals surface area contributed by atoms with Crippen molar-refractivity contribution in [3.8, 4) is 0 Å². The van der Waals surface area contributed by atoms with Crippen molar-refractivity contribution in [2.75, 3.05) is 11.2 Å². The molecule has 0 aromatic heterocycles. The fraction of sp³-hybridized carbons (Fsp3) is 0.429. The second kappa shape index (κ2) is 8.55. The number of nitrogens with one attached hydrogen (secondary N) is 1. The van der Waals surface area contributed by atoms with Crippen LogP contribution >= 0.6 is 11.6 Å². The first-order valence-corrected chi connectivity index (χ1v) is 6.99. The maximum Gasteiger partial charge on any atom is 0.320 e. The third kappa shape index (κ3) is 6.04. The SMILES string of the molecule is NC(Cc1cccc(NC(=O)CCCCCl)c1)C(=O)O. The van der Waals surface area contributed by atoms with Crippen LogP contribution in [0.5, 0.6) is 0 Å². The molecule has 0 radical (unpaired) electrons. The molecule has 0 saturated heterocycles. The lowest BCUT2D eigenvalue weighted by Gasteiger charge is -2.09. The highest BCUT2D eigenvalue weighted by molar-refractivity contribution is 6.17. The van der Waals surface area contributed by atoms with Crippen LogP contribution in [0.3, 0.4) is 0 Å². The average Bonchev–Trinajstić information content (AvgIpc) is 2.39. The van der Waals surface area contributed by atoms with Crippen LogP contribution in [0.4, 0.5) is 5.69 Å². The Morgan fingerprint density at radius 2 is 2.10 bits per heavy atom. The smallest absolute Gasteiger partial charge is 0.320 e. The van der Waals surface area contributed by atoms with E-state index in [4.69, 9.17) is 22.4 Å². The van der Waals surface area contributed by atoms with Gasteiger partial charge in [-0.15, -0.1) is 11.6 Å². The molecule has 0 fully saturated rings. The summed E-state index contributed by atoms with van der Waals surface area (Å²) in [6.07, 6.45) is 2.21. The normalized spacial score (nSPS) is 11.9. The number of carbonyl (C=O) groups excluding carboxylic acids is 1. The van der Waals surface area contributed by atoms with Crippen LogP contribution in [-0.2, 0) is 16.0 Å².